The first kappa shape index (κ1) is 20.2. The van der Waals surface area contributed by atoms with Gasteiger partial charge in [0.1, 0.15) is 0 Å². The first-order valence-electron chi connectivity index (χ1n) is 8.58. The van der Waals surface area contributed by atoms with Gasteiger partial charge in [-0.15, -0.1) is 16.2 Å². The number of aryl methyl sites for hydroxylation is 2. The Hall–Kier alpha value is -2.50. The second kappa shape index (κ2) is 8.25. The summed E-state index contributed by atoms with van der Waals surface area (Å²) in [4.78, 5) is 25.9. The highest BCUT2D eigenvalue weighted by atomic mass is 32.2. The average molecular weight is 425 g/mol. The van der Waals surface area contributed by atoms with Crippen LogP contribution in [0.15, 0.2) is 29.2 Å². The smallest absolute Gasteiger partial charge is 0.312 e. The van der Waals surface area contributed by atoms with Gasteiger partial charge in [0.05, 0.1) is 21.8 Å². The van der Waals surface area contributed by atoms with Gasteiger partial charge in [0, 0.05) is 10.9 Å². The van der Waals surface area contributed by atoms with Gasteiger partial charge in [-0.1, -0.05) is 6.42 Å². The van der Waals surface area contributed by atoms with E-state index in [1.807, 2.05) is 4.83 Å². The number of amides is 1. The number of nitro benzene ring substituents is 1. The van der Waals surface area contributed by atoms with Crippen molar-refractivity contribution in [1.82, 2.24) is 10.3 Å². The number of carbonyl (C=O) groups excluding carboxylic acids is 1. The standard InChI is InChI=1S/C17H19N3O6S2/c1-26-14-8-7-12(10-13(14)20(22)23)28(24,25)19-18-17(21)16-9-11-5-3-2-4-6-15(11)27-16/h7-10,19H,2-6H2,1H3,(H,18,21). The van der Waals surface area contributed by atoms with Crippen molar-refractivity contribution in [2.24, 2.45) is 0 Å². The molecule has 0 saturated heterocycles. The molecule has 0 bridgehead atoms. The van der Waals surface area contributed by atoms with E-state index in [1.54, 1.807) is 6.07 Å². The quantitative estimate of drug-likeness (QED) is 0.416. The highest BCUT2D eigenvalue weighted by Gasteiger charge is 2.23. The fraction of sp³-hybridized carbons (Fsp3) is 0.353. The molecular weight excluding hydrogens is 406 g/mol. The van der Waals surface area contributed by atoms with Crippen molar-refractivity contribution < 1.29 is 22.9 Å². The monoisotopic (exact) mass is 425 g/mol. The van der Waals surface area contributed by atoms with Crippen LogP contribution in [0.2, 0.25) is 0 Å². The number of benzene rings is 1. The summed E-state index contributed by atoms with van der Waals surface area (Å²) in [5, 5.41) is 11.1. The first-order valence-corrected chi connectivity index (χ1v) is 10.9. The first-order chi connectivity index (χ1) is 13.3. The molecule has 9 nitrogen and oxygen atoms in total. The van der Waals surface area contributed by atoms with E-state index in [0.29, 0.717) is 4.88 Å². The summed E-state index contributed by atoms with van der Waals surface area (Å²) in [5.74, 6) is -0.627. The molecule has 1 heterocycles. The fourth-order valence-electron chi connectivity index (χ4n) is 2.99. The van der Waals surface area contributed by atoms with Crippen LogP contribution in [-0.2, 0) is 22.9 Å². The van der Waals surface area contributed by atoms with Gasteiger partial charge < -0.3 is 4.74 Å². The Balaban J connectivity index is 1.74. The lowest BCUT2D eigenvalue weighted by atomic mass is 10.1. The highest BCUT2D eigenvalue weighted by Crippen LogP contribution is 2.30. The number of ether oxygens (including phenoxy) is 1. The topological polar surface area (TPSA) is 128 Å². The van der Waals surface area contributed by atoms with Gasteiger partial charge in [0.15, 0.2) is 5.75 Å². The van der Waals surface area contributed by atoms with E-state index in [9.17, 15) is 23.3 Å². The Morgan fingerprint density at radius 3 is 2.68 bits per heavy atom. The number of nitro groups is 1. The van der Waals surface area contributed by atoms with Crippen molar-refractivity contribution in [2.75, 3.05) is 7.11 Å². The van der Waals surface area contributed by atoms with Crippen molar-refractivity contribution in [3.05, 3.63) is 49.7 Å². The number of nitrogens with one attached hydrogen (secondary N) is 2. The molecule has 2 aromatic rings. The second-order valence-electron chi connectivity index (χ2n) is 6.27. The summed E-state index contributed by atoms with van der Waals surface area (Å²) in [5.41, 5.74) is 2.82. The van der Waals surface area contributed by atoms with Gasteiger partial charge in [-0.3, -0.25) is 20.3 Å². The minimum atomic E-state index is -4.19. The zero-order valence-corrected chi connectivity index (χ0v) is 16.7. The molecule has 1 amide bonds. The Morgan fingerprint density at radius 2 is 1.96 bits per heavy atom. The number of hydrazine groups is 1. The van der Waals surface area contributed by atoms with E-state index < -0.39 is 26.5 Å². The summed E-state index contributed by atoms with van der Waals surface area (Å²) in [7, 11) is -2.94. The predicted octanol–water partition coefficient (Wildman–Crippen LogP) is 2.56. The minimum Gasteiger partial charge on any atom is -0.490 e. The van der Waals surface area contributed by atoms with Crippen LogP contribution < -0.4 is 15.0 Å². The fourth-order valence-corrected chi connectivity index (χ4v) is 5.00. The number of nitrogens with zero attached hydrogens (tertiary/aromatic N) is 1. The predicted molar refractivity (Wildman–Crippen MR) is 103 cm³/mol. The summed E-state index contributed by atoms with van der Waals surface area (Å²) < 4.78 is 29.6. The third-order valence-corrected chi connectivity index (χ3v) is 6.91. The normalized spacial score (nSPS) is 14.0. The zero-order valence-electron chi connectivity index (χ0n) is 15.1. The summed E-state index contributed by atoms with van der Waals surface area (Å²) in [6, 6.07) is 5.02. The molecule has 0 aliphatic heterocycles. The van der Waals surface area contributed by atoms with Crippen LogP contribution >= 0.6 is 11.3 Å². The largest absolute Gasteiger partial charge is 0.490 e. The van der Waals surface area contributed by atoms with Crippen molar-refractivity contribution >= 4 is 33.0 Å². The van der Waals surface area contributed by atoms with Crippen molar-refractivity contribution in [3.63, 3.8) is 0 Å². The van der Waals surface area contributed by atoms with E-state index in [4.69, 9.17) is 4.74 Å². The number of rotatable bonds is 6. The second-order valence-corrected chi connectivity index (χ2v) is 9.09. The van der Waals surface area contributed by atoms with E-state index in [-0.39, 0.29) is 10.6 Å². The van der Waals surface area contributed by atoms with Gasteiger partial charge in [-0.2, -0.15) is 0 Å². The van der Waals surface area contributed by atoms with E-state index in [1.165, 1.54) is 24.5 Å². The van der Waals surface area contributed by atoms with Crippen LogP contribution in [0.4, 0.5) is 5.69 Å². The maximum Gasteiger partial charge on any atom is 0.312 e. The minimum absolute atomic E-state index is 0.0620. The van der Waals surface area contributed by atoms with Crippen molar-refractivity contribution in [1.29, 1.82) is 0 Å². The third-order valence-electron chi connectivity index (χ3n) is 4.43. The van der Waals surface area contributed by atoms with Crippen molar-refractivity contribution in [2.45, 2.75) is 37.0 Å². The van der Waals surface area contributed by atoms with Gasteiger partial charge >= 0.3 is 5.69 Å². The lowest BCUT2D eigenvalue weighted by Gasteiger charge is -2.09. The molecule has 2 N–H and O–H groups in total. The molecule has 1 aromatic carbocycles. The van der Waals surface area contributed by atoms with E-state index >= 15 is 0 Å². The molecule has 1 aliphatic carbocycles. The SMILES string of the molecule is COc1ccc(S(=O)(=O)NNC(=O)c2cc3c(s2)CCCCC3)cc1[N+](=O)[O-]. The summed E-state index contributed by atoms with van der Waals surface area (Å²) in [6.45, 7) is 0. The molecule has 1 aromatic heterocycles. The number of hydrogen-bond acceptors (Lipinski definition) is 7. The molecule has 0 saturated carbocycles. The summed E-state index contributed by atoms with van der Waals surface area (Å²) in [6.07, 6.45) is 5.16. The molecular formula is C17H19N3O6S2. The van der Waals surface area contributed by atoms with Crippen LogP contribution in [-0.4, -0.2) is 26.4 Å². The summed E-state index contributed by atoms with van der Waals surface area (Å²) >= 11 is 1.36. The number of fused-ring (bicyclic) bond motifs is 1. The Kier molecular flexibility index (Phi) is 5.96. The molecule has 0 atom stereocenters. The Bertz CT molecular complexity index is 992. The van der Waals surface area contributed by atoms with E-state index in [2.05, 4.69) is 5.43 Å². The van der Waals surface area contributed by atoms with Gasteiger partial charge in [0.25, 0.3) is 15.9 Å². The molecule has 28 heavy (non-hydrogen) atoms. The average Bonchev–Trinajstić information content (AvgIpc) is 2.96. The Labute approximate surface area is 165 Å². The van der Waals surface area contributed by atoms with Gasteiger partial charge in [0.2, 0.25) is 0 Å². The number of methoxy groups -OCH3 is 1. The van der Waals surface area contributed by atoms with Crippen LogP contribution in [0, 0.1) is 10.1 Å². The maximum absolute atomic E-state index is 12.4. The van der Waals surface area contributed by atoms with Crippen LogP contribution in [0.1, 0.15) is 39.4 Å². The molecule has 11 heteroatoms. The van der Waals surface area contributed by atoms with Crippen LogP contribution in [0.3, 0.4) is 0 Å². The number of hydrogen-bond donors (Lipinski definition) is 2. The molecule has 0 radical (unpaired) electrons. The zero-order chi connectivity index (χ0) is 20.3. The van der Waals surface area contributed by atoms with Crippen LogP contribution in [0.25, 0.3) is 0 Å². The third kappa shape index (κ3) is 4.32. The molecule has 0 spiro atoms. The van der Waals surface area contributed by atoms with Crippen LogP contribution in [0.5, 0.6) is 5.75 Å². The highest BCUT2D eigenvalue weighted by molar-refractivity contribution is 7.89. The van der Waals surface area contributed by atoms with Crippen molar-refractivity contribution in [3.8, 4) is 5.75 Å². The lowest BCUT2D eigenvalue weighted by molar-refractivity contribution is -0.386. The molecule has 1 aliphatic rings. The van der Waals surface area contributed by atoms with Gasteiger partial charge in [-0.25, -0.2) is 8.42 Å². The van der Waals surface area contributed by atoms with E-state index in [0.717, 1.165) is 54.7 Å². The molecule has 0 fully saturated rings. The maximum atomic E-state index is 12.4. The molecule has 150 valence electrons. The molecule has 0 unspecified atom stereocenters. The van der Waals surface area contributed by atoms with Gasteiger partial charge in [-0.05, 0) is 49.4 Å². The number of thiophene rings is 1. The Morgan fingerprint density at radius 1 is 1.21 bits per heavy atom. The number of sulfonamides is 1. The number of carbonyl (C=O) groups is 1. The lowest BCUT2D eigenvalue weighted by Crippen LogP contribution is -2.41. The molecule has 3 rings (SSSR count).